The molecule has 0 bridgehead atoms. The van der Waals surface area contributed by atoms with E-state index in [1.165, 1.54) is 0 Å². The second kappa shape index (κ2) is 8.12. The third-order valence-electron chi connectivity index (χ3n) is 2.71. The number of hydrogen-bond acceptors (Lipinski definition) is 5. The van der Waals surface area contributed by atoms with Crippen LogP contribution in [0.25, 0.3) is 11.4 Å². The highest BCUT2D eigenvalue weighted by molar-refractivity contribution is 5.56. The summed E-state index contributed by atoms with van der Waals surface area (Å²) < 4.78 is 3.73. The van der Waals surface area contributed by atoms with E-state index in [1.807, 2.05) is 36.1 Å². The summed E-state index contributed by atoms with van der Waals surface area (Å²) in [7, 11) is 1.94. The minimum atomic E-state index is -0.000539. The molecule has 0 saturated carbocycles. The van der Waals surface area contributed by atoms with Crippen molar-refractivity contribution in [2.75, 3.05) is 25.1 Å². The Labute approximate surface area is 134 Å². The lowest BCUT2D eigenvalue weighted by molar-refractivity contribution is -0.671. The smallest absolute Gasteiger partial charge is 0.225 e. The van der Waals surface area contributed by atoms with E-state index in [-0.39, 0.29) is 37.2 Å². The number of hydrogen-bond donors (Lipinski definition) is 3. The van der Waals surface area contributed by atoms with Gasteiger partial charge in [0.25, 0.3) is 0 Å². The van der Waals surface area contributed by atoms with Gasteiger partial charge in [-0.1, -0.05) is 0 Å². The molecule has 110 valence electrons. The van der Waals surface area contributed by atoms with Crippen molar-refractivity contribution in [3.63, 3.8) is 0 Å². The van der Waals surface area contributed by atoms with Gasteiger partial charge >= 0.3 is 0 Å². The highest BCUT2D eigenvalue weighted by Crippen LogP contribution is 2.19. The SMILES string of the molecule is C[n+]1ccc(-c2nnc(NCCO)n2CCO)cc1.[I-]. The van der Waals surface area contributed by atoms with E-state index in [1.54, 1.807) is 4.57 Å². The molecular weight excluding hydrogens is 373 g/mol. The Hall–Kier alpha value is -1.26. The number of aliphatic hydroxyl groups is 2. The zero-order chi connectivity index (χ0) is 13.7. The van der Waals surface area contributed by atoms with Gasteiger partial charge in [-0.15, -0.1) is 10.2 Å². The molecule has 8 heteroatoms. The summed E-state index contributed by atoms with van der Waals surface area (Å²) in [6, 6.07) is 3.88. The first-order valence-corrected chi connectivity index (χ1v) is 6.10. The van der Waals surface area contributed by atoms with Gasteiger partial charge < -0.3 is 39.5 Å². The summed E-state index contributed by atoms with van der Waals surface area (Å²) in [5.74, 6) is 1.24. The summed E-state index contributed by atoms with van der Waals surface area (Å²) in [6.07, 6.45) is 3.85. The second-order valence-corrected chi connectivity index (χ2v) is 4.13. The van der Waals surface area contributed by atoms with Crippen LogP contribution >= 0.6 is 0 Å². The highest BCUT2D eigenvalue weighted by atomic mass is 127. The lowest BCUT2D eigenvalue weighted by atomic mass is 10.2. The number of aromatic nitrogens is 4. The monoisotopic (exact) mass is 391 g/mol. The number of nitrogens with one attached hydrogen (secondary N) is 1. The fraction of sp³-hybridized carbons (Fsp3) is 0.417. The number of rotatable bonds is 6. The summed E-state index contributed by atoms with van der Waals surface area (Å²) in [5.41, 5.74) is 0.927. The molecule has 7 nitrogen and oxygen atoms in total. The maximum atomic E-state index is 9.15. The number of aryl methyl sites for hydroxylation is 1. The first-order chi connectivity index (χ1) is 9.26. The topological polar surface area (TPSA) is 87.1 Å². The Morgan fingerprint density at radius 3 is 2.50 bits per heavy atom. The predicted octanol–water partition coefficient (Wildman–Crippen LogP) is -3.83. The molecule has 0 atom stereocenters. The van der Waals surface area contributed by atoms with Crippen LogP contribution in [0.3, 0.4) is 0 Å². The molecule has 3 N–H and O–H groups in total. The van der Waals surface area contributed by atoms with Gasteiger partial charge in [0, 0.05) is 24.2 Å². The van der Waals surface area contributed by atoms with E-state index in [0.29, 0.717) is 24.9 Å². The van der Waals surface area contributed by atoms with Crippen molar-refractivity contribution in [1.29, 1.82) is 0 Å². The molecule has 2 heterocycles. The number of nitrogens with zero attached hydrogens (tertiary/aromatic N) is 4. The van der Waals surface area contributed by atoms with Crippen LogP contribution in [0.5, 0.6) is 0 Å². The molecule has 0 aliphatic heterocycles. The summed E-state index contributed by atoms with van der Waals surface area (Å²) in [5, 5.41) is 29.1. The minimum absolute atomic E-state index is 0. The first-order valence-electron chi connectivity index (χ1n) is 6.10. The quantitative estimate of drug-likeness (QED) is 0.347. The maximum Gasteiger partial charge on any atom is 0.225 e. The molecule has 2 rings (SSSR count). The van der Waals surface area contributed by atoms with Gasteiger partial charge in [0.15, 0.2) is 18.2 Å². The third-order valence-corrected chi connectivity index (χ3v) is 2.71. The number of pyridine rings is 1. The normalized spacial score (nSPS) is 10.2. The number of anilines is 1. The summed E-state index contributed by atoms with van der Waals surface area (Å²) in [6.45, 7) is 0.812. The van der Waals surface area contributed by atoms with E-state index in [4.69, 9.17) is 10.2 Å². The lowest BCUT2D eigenvalue weighted by Gasteiger charge is -2.09. The van der Waals surface area contributed by atoms with Crippen molar-refractivity contribution in [3.8, 4) is 11.4 Å². The Morgan fingerprint density at radius 2 is 1.90 bits per heavy atom. The van der Waals surface area contributed by atoms with Crippen LogP contribution < -0.4 is 33.9 Å². The van der Waals surface area contributed by atoms with Crippen LogP contribution in [0.15, 0.2) is 24.5 Å². The van der Waals surface area contributed by atoms with Crippen molar-refractivity contribution in [2.45, 2.75) is 6.54 Å². The molecule has 2 aromatic heterocycles. The first kappa shape index (κ1) is 16.8. The van der Waals surface area contributed by atoms with Gasteiger partial charge in [-0.25, -0.2) is 4.57 Å². The van der Waals surface area contributed by atoms with Crippen LogP contribution in [-0.2, 0) is 13.6 Å². The molecule has 0 aliphatic carbocycles. The van der Waals surface area contributed by atoms with Gasteiger partial charge in [0.1, 0.15) is 7.05 Å². The van der Waals surface area contributed by atoms with Crippen LogP contribution in [0.4, 0.5) is 5.95 Å². The van der Waals surface area contributed by atoms with Crippen molar-refractivity contribution in [2.24, 2.45) is 7.05 Å². The fourth-order valence-corrected chi connectivity index (χ4v) is 1.78. The van der Waals surface area contributed by atoms with Gasteiger partial charge in [-0.05, 0) is 0 Å². The molecule has 20 heavy (non-hydrogen) atoms. The van der Waals surface area contributed by atoms with Gasteiger partial charge in [0.05, 0.1) is 19.8 Å². The molecule has 0 amide bonds. The average Bonchev–Trinajstić information content (AvgIpc) is 2.81. The minimum Gasteiger partial charge on any atom is -1.00 e. The standard InChI is InChI=1S/C12H17N5O2.HI/c1-16-5-2-10(3-6-16)11-14-15-12(13-4-8-18)17(11)7-9-19;/h2-3,5-6,18-19H,4,7-9H2,1H3;1H. The zero-order valence-corrected chi connectivity index (χ0v) is 13.4. The van der Waals surface area contributed by atoms with E-state index in [9.17, 15) is 0 Å². The molecule has 0 aliphatic rings. The zero-order valence-electron chi connectivity index (χ0n) is 11.2. The summed E-state index contributed by atoms with van der Waals surface area (Å²) in [4.78, 5) is 0. The van der Waals surface area contributed by atoms with Crippen molar-refractivity contribution in [1.82, 2.24) is 14.8 Å². The molecule has 2 aromatic rings. The van der Waals surface area contributed by atoms with Crippen LogP contribution in [-0.4, -0.2) is 44.7 Å². The molecule has 0 saturated heterocycles. The maximum absolute atomic E-state index is 9.15. The fourth-order valence-electron chi connectivity index (χ4n) is 1.78. The van der Waals surface area contributed by atoms with E-state index < -0.39 is 0 Å². The molecule has 0 aromatic carbocycles. The number of halogens is 1. The van der Waals surface area contributed by atoms with Crippen molar-refractivity contribution in [3.05, 3.63) is 24.5 Å². The second-order valence-electron chi connectivity index (χ2n) is 4.13. The van der Waals surface area contributed by atoms with Crippen LogP contribution in [0.2, 0.25) is 0 Å². The number of aliphatic hydroxyl groups excluding tert-OH is 2. The average molecular weight is 391 g/mol. The summed E-state index contributed by atoms with van der Waals surface area (Å²) >= 11 is 0. The van der Waals surface area contributed by atoms with Crippen molar-refractivity contribution < 1.29 is 38.8 Å². The van der Waals surface area contributed by atoms with Crippen LogP contribution in [0.1, 0.15) is 0 Å². The van der Waals surface area contributed by atoms with E-state index in [0.717, 1.165) is 5.56 Å². The van der Waals surface area contributed by atoms with E-state index in [2.05, 4.69) is 15.5 Å². The molecule has 0 unspecified atom stereocenters. The van der Waals surface area contributed by atoms with E-state index >= 15 is 0 Å². The Bertz CT molecular complexity index is 529. The Balaban J connectivity index is 0.00000200. The van der Waals surface area contributed by atoms with Crippen LogP contribution in [0, 0.1) is 0 Å². The molecule has 0 spiro atoms. The third kappa shape index (κ3) is 3.87. The highest BCUT2D eigenvalue weighted by Gasteiger charge is 2.13. The Morgan fingerprint density at radius 1 is 1.20 bits per heavy atom. The molecule has 0 radical (unpaired) electrons. The predicted molar refractivity (Wildman–Crippen MR) is 69.3 cm³/mol. The molecule has 0 fully saturated rings. The molecular formula is C12H18IN5O2. The largest absolute Gasteiger partial charge is 1.00 e. The van der Waals surface area contributed by atoms with Gasteiger partial charge in [-0.3, -0.25) is 4.57 Å². The van der Waals surface area contributed by atoms with Gasteiger partial charge in [0.2, 0.25) is 5.95 Å². The van der Waals surface area contributed by atoms with Crippen molar-refractivity contribution >= 4 is 5.95 Å². The van der Waals surface area contributed by atoms with Gasteiger partial charge in [-0.2, -0.15) is 0 Å². The lowest BCUT2D eigenvalue weighted by Crippen LogP contribution is -3.00. The Kier molecular flexibility index (Phi) is 6.82.